The van der Waals surface area contributed by atoms with Crippen molar-refractivity contribution in [2.45, 2.75) is 20.0 Å². The molecule has 0 aliphatic carbocycles. The Morgan fingerprint density at radius 3 is 2.25 bits per heavy atom. The molecule has 0 amide bonds. The summed E-state index contributed by atoms with van der Waals surface area (Å²) in [5.74, 6) is 1.63. The van der Waals surface area contributed by atoms with E-state index in [0.29, 0.717) is 17.3 Å². The SMILES string of the molecule is CCCOc1ccc(OCc2ccc(N)cc2Cl)cc1. The number of halogens is 1. The van der Waals surface area contributed by atoms with Crippen molar-refractivity contribution < 1.29 is 9.47 Å². The first-order valence-corrected chi connectivity index (χ1v) is 6.96. The minimum absolute atomic E-state index is 0.411. The predicted molar refractivity (Wildman–Crippen MR) is 82.4 cm³/mol. The van der Waals surface area contributed by atoms with E-state index in [0.717, 1.165) is 30.1 Å². The van der Waals surface area contributed by atoms with Crippen molar-refractivity contribution in [1.82, 2.24) is 0 Å². The molecule has 0 spiro atoms. The number of hydrogen-bond donors (Lipinski definition) is 1. The van der Waals surface area contributed by atoms with Gasteiger partial charge in [-0.15, -0.1) is 0 Å². The third-order valence-corrected chi connectivity index (χ3v) is 3.12. The third-order valence-electron chi connectivity index (χ3n) is 2.77. The summed E-state index contributed by atoms with van der Waals surface area (Å²) in [6.45, 7) is 3.21. The first kappa shape index (κ1) is 14.5. The lowest BCUT2D eigenvalue weighted by molar-refractivity contribution is 0.301. The summed E-state index contributed by atoms with van der Waals surface area (Å²) < 4.78 is 11.2. The Balaban J connectivity index is 1.93. The Kier molecular flexibility index (Phi) is 5.13. The average Bonchev–Trinajstić information content (AvgIpc) is 2.45. The zero-order valence-corrected chi connectivity index (χ0v) is 12.2. The van der Waals surface area contributed by atoms with Crippen LogP contribution in [0.4, 0.5) is 5.69 Å². The van der Waals surface area contributed by atoms with Crippen LogP contribution in [-0.4, -0.2) is 6.61 Å². The van der Waals surface area contributed by atoms with Gasteiger partial charge in [-0.1, -0.05) is 24.6 Å². The van der Waals surface area contributed by atoms with Crippen molar-refractivity contribution in [2.24, 2.45) is 0 Å². The van der Waals surface area contributed by atoms with Crippen molar-refractivity contribution in [2.75, 3.05) is 12.3 Å². The second-order valence-corrected chi connectivity index (χ2v) is 4.87. The van der Waals surface area contributed by atoms with Gasteiger partial charge in [0.2, 0.25) is 0 Å². The molecule has 2 rings (SSSR count). The van der Waals surface area contributed by atoms with Crippen molar-refractivity contribution in [3.05, 3.63) is 53.1 Å². The molecule has 0 radical (unpaired) electrons. The number of benzene rings is 2. The lowest BCUT2D eigenvalue weighted by atomic mass is 10.2. The van der Waals surface area contributed by atoms with Gasteiger partial charge in [-0.2, -0.15) is 0 Å². The lowest BCUT2D eigenvalue weighted by Gasteiger charge is -2.09. The highest BCUT2D eigenvalue weighted by molar-refractivity contribution is 6.31. The molecule has 2 aromatic rings. The second kappa shape index (κ2) is 7.06. The van der Waals surface area contributed by atoms with Gasteiger partial charge in [-0.25, -0.2) is 0 Å². The minimum atomic E-state index is 0.411. The van der Waals surface area contributed by atoms with Gasteiger partial charge in [0, 0.05) is 16.3 Å². The minimum Gasteiger partial charge on any atom is -0.494 e. The Labute approximate surface area is 124 Å². The smallest absolute Gasteiger partial charge is 0.120 e. The molecule has 0 heterocycles. The molecule has 20 heavy (non-hydrogen) atoms. The van der Waals surface area contributed by atoms with Crippen molar-refractivity contribution in [3.63, 3.8) is 0 Å². The predicted octanol–water partition coefficient (Wildman–Crippen LogP) is 4.29. The van der Waals surface area contributed by atoms with E-state index in [4.69, 9.17) is 26.8 Å². The normalized spacial score (nSPS) is 10.3. The van der Waals surface area contributed by atoms with Gasteiger partial charge in [-0.3, -0.25) is 0 Å². The van der Waals surface area contributed by atoms with E-state index in [2.05, 4.69) is 6.92 Å². The fourth-order valence-electron chi connectivity index (χ4n) is 1.69. The lowest BCUT2D eigenvalue weighted by Crippen LogP contribution is -1.98. The Morgan fingerprint density at radius 1 is 1.00 bits per heavy atom. The topological polar surface area (TPSA) is 44.5 Å². The second-order valence-electron chi connectivity index (χ2n) is 4.46. The number of nitrogen functional groups attached to an aromatic ring is 1. The van der Waals surface area contributed by atoms with Crippen LogP contribution in [0, 0.1) is 0 Å². The quantitative estimate of drug-likeness (QED) is 0.808. The molecule has 4 heteroatoms. The van der Waals surface area contributed by atoms with Crippen LogP contribution in [-0.2, 0) is 6.61 Å². The average molecular weight is 292 g/mol. The monoisotopic (exact) mass is 291 g/mol. The van der Waals surface area contributed by atoms with Crippen LogP contribution < -0.4 is 15.2 Å². The summed E-state index contributed by atoms with van der Waals surface area (Å²) in [5, 5.41) is 0.618. The van der Waals surface area contributed by atoms with Gasteiger partial charge in [0.25, 0.3) is 0 Å². The number of rotatable bonds is 6. The summed E-state index contributed by atoms with van der Waals surface area (Å²) in [6.07, 6.45) is 0.994. The molecule has 0 aliphatic rings. The Bertz CT molecular complexity index is 555. The van der Waals surface area contributed by atoms with Crippen LogP contribution in [0.2, 0.25) is 5.02 Å². The standard InChI is InChI=1S/C16H18ClNO2/c1-2-9-19-14-5-7-15(8-6-14)20-11-12-3-4-13(18)10-16(12)17/h3-8,10H,2,9,11,18H2,1H3. The van der Waals surface area contributed by atoms with E-state index in [1.807, 2.05) is 36.4 Å². The van der Waals surface area contributed by atoms with Gasteiger partial charge in [0.05, 0.1) is 6.61 Å². The highest BCUT2D eigenvalue weighted by atomic mass is 35.5. The highest BCUT2D eigenvalue weighted by Gasteiger charge is 2.02. The summed E-state index contributed by atoms with van der Waals surface area (Å²) >= 11 is 6.10. The largest absolute Gasteiger partial charge is 0.494 e. The van der Waals surface area contributed by atoms with Crippen molar-refractivity contribution in [3.8, 4) is 11.5 Å². The van der Waals surface area contributed by atoms with Gasteiger partial charge in [-0.05, 0) is 42.8 Å². The molecule has 0 bridgehead atoms. The summed E-state index contributed by atoms with van der Waals surface area (Å²) in [6, 6.07) is 13.0. The molecule has 2 N–H and O–H groups in total. The van der Waals surface area contributed by atoms with Crippen LogP contribution in [0.1, 0.15) is 18.9 Å². The number of anilines is 1. The van der Waals surface area contributed by atoms with E-state index in [1.54, 1.807) is 6.07 Å². The molecular weight excluding hydrogens is 274 g/mol. The van der Waals surface area contributed by atoms with E-state index in [-0.39, 0.29) is 0 Å². The van der Waals surface area contributed by atoms with Gasteiger partial charge in [0.1, 0.15) is 18.1 Å². The van der Waals surface area contributed by atoms with Crippen molar-refractivity contribution >= 4 is 17.3 Å². The Morgan fingerprint density at radius 2 is 1.65 bits per heavy atom. The maximum Gasteiger partial charge on any atom is 0.120 e. The molecule has 0 aliphatic heterocycles. The fraction of sp³-hybridized carbons (Fsp3) is 0.250. The van der Waals surface area contributed by atoms with Crippen LogP contribution in [0.25, 0.3) is 0 Å². The molecule has 0 unspecified atom stereocenters. The van der Waals surface area contributed by atoms with Gasteiger partial charge >= 0.3 is 0 Å². The zero-order valence-electron chi connectivity index (χ0n) is 11.4. The number of hydrogen-bond acceptors (Lipinski definition) is 3. The zero-order chi connectivity index (χ0) is 14.4. The Hall–Kier alpha value is -1.87. The van der Waals surface area contributed by atoms with E-state index in [9.17, 15) is 0 Å². The maximum absolute atomic E-state index is 6.10. The molecule has 0 saturated heterocycles. The first-order valence-electron chi connectivity index (χ1n) is 6.58. The molecule has 2 aromatic carbocycles. The first-order chi connectivity index (χ1) is 9.69. The van der Waals surface area contributed by atoms with E-state index >= 15 is 0 Å². The van der Waals surface area contributed by atoms with Crippen LogP contribution in [0.5, 0.6) is 11.5 Å². The number of nitrogens with two attached hydrogens (primary N) is 1. The van der Waals surface area contributed by atoms with E-state index < -0.39 is 0 Å². The van der Waals surface area contributed by atoms with E-state index in [1.165, 1.54) is 0 Å². The molecule has 3 nitrogen and oxygen atoms in total. The molecule has 106 valence electrons. The third kappa shape index (κ3) is 4.07. The van der Waals surface area contributed by atoms with Crippen LogP contribution >= 0.6 is 11.6 Å². The molecule has 0 atom stereocenters. The van der Waals surface area contributed by atoms with Crippen LogP contribution in [0.15, 0.2) is 42.5 Å². The van der Waals surface area contributed by atoms with Crippen LogP contribution in [0.3, 0.4) is 0 Å². The highest BCUT2D eigenvalue weighted by Crippen LogP contribution is 2.22. The summed E-state index contributed by atoms with van der Waals surface area (Å²) in [4.78, 5) is 0. The summed E-state index contributed by atoms with van der Waals surface area (Å²) in [7, 11) is 0. The molecule has 0 aromatic heterocycles. The maximum atomic E-state index is 6.10. The molecular formula is C16H18ClNO2. The fourth-order valence-corrected chi connectivity index (χ4v) is 1.94. The molecule has 0 fully saturated rings. The molecule has 0 saturated carbocycles. The summed E-state index contributed by atoms with van der Waals surface area (Å²) in [5.41, 5.74) is 7.21. The van der Waals surface area contributed by atoms with Crippen molar-refractivity contribution in [1.29, 1.82) is 0 Å². The van der Waals surface area contributed by atoms with Gasteiger partial charge < -0.3 is 15.2 Å². The number of ether oxygens (including phenoxy) is 2. The van der Waals surface area contributed by atoms with Gasteiger partial charge in [0.15, 0.2) is 0 Å².